The molecule has 4 N–H and O–H groups in total. The summed E-state index contributed by atoms with van der Waals surface area (Å²) < 4.78 is 8.81. The Hall–Kier alpha value is -3.95. The van der Waals surface area contributed by atoms with Crippen molar-refractivity contribution in [3.8, 4) is 0 Å². The van der Waals surface area contributed by atoms with E-state index in [1.165, 1.54) is 30.4 Å². The van der Waals surface area contributed by atoms with Crippen LogP contribution < -0.4 is 10.6 Å². The van der Waals surface area contributed by atoms with E-state index in [-0.39, 0.29) is 29.5 Å². The Kier molecular flexibility index (Phi) is 6.01. The minimum absolute atomic E-state index is 0.0196. The lowest BCUT2D eigenvalue weighted by atomic mass is 9.67. The molecule has 1 amide bonds. The van der Waals surface area contributed by atoms with Crippen molar-refractivity contribution in [2.75, 3.05) is 11.9 Å². The first kappa shape index (κ1) is 25.0. The summed E-state index contributed by atoms with van der Waals surface area (Å²) in [5.41, 5.74) is 3.94. The van der Waals surface area contributed by atoms with Gasteiger partial charge in [0.25, 0.3) is 0 Å². The van der Waals surface area contributed by atoms with Gasteiger partial charge in [0, 0.05) is 30.3 Å². The second kappa shape index (κ2) is 9.60. The summed E-state index contributed by atoms with van der Waals surface area (Å²) in [7, 11) is 0. The van der Waals surface area contributed by atoms with Crippen LogP contribution in [0.25, 0.3) is 11.2 Å². The van der Waals surface area contributed by atoms with E-state index in [2.05, 4.69) is 58.3 Å². The summed E-state index contributed by atoms with van der Waals surface area (Å²) in [4.78, 5) is 25.8. The number of ether oxygens (including phenoxy) is 1. The molecule has 2 aliphatic heterocycles. The molecule has 7 rings (SSSR count). The van der Waals surface area contributed by atoms with Crippen molar-refractivity contribution in [2.24, 2.45) is 17.8 Å². The number of hydrogen-bond donors (Lipinski definition) is 4. The van der Waals surface area contributed by atoms with Crippen LogP contribution in [0.2, 0.25) is 0 Å². The molecule has 4 heterocycles. The van der Waals surface area contributed by atoms with Crippen LogP contribution in [0.5, 0.6) is 0 Å². The largest absolute Gasteiger partial charge is 0.497 e. The molecule has 1 saturated carbocycles. The van der Waals surface area contributed by atoms with Gasteiger partial charge >= 0.3 is 6.09 Å². The number of amides is 1. The van der Waals surface area contributed by atoms with E-state index in [0.29, 0.717) is 35.8 Å². The van der Waals surface area contributed by atoms with Crippen LogP contribution in [-0.4, -0.2) is 49.2 Å². The standard InChI is InChI=1S/C30H35N7O3/c1-15-11-12-19-13-37-23-26(32-16(2)17-9-6-10-17)34-28(25(31)33-30(38)39)35-27(23)36-29(37)22-20(14-40-24(15)21(19)22)18-7-4-3-5-8-18/h3-5,7-8,15-17,19-20,22H,6,9-14H2,1-2H3,(H2,31,33)(H,38,39)(H,32,34,35)/t15-,16-,19+,20?,22?/m1/s1. The van der Waals surface area contributed by atoms with Gasteiger partial charge in [-0.1, -0.05) is 43.7 Å². The Balaban J connectivity index is 1.42. The first-order valence-corrected chi connectivity index (χ1v) is 14.4. The normalized spacial score (nSPS) is 26.2. The molecule has 5 atom stereocenters. The molecule has 1 aromatic carbocycles. The van der Waals surface area contributed by atoms with Gasteiger partial charge in [-0.3, -0.25) is 10.7 Å². The van der Waals surface area contributed by atoms with Crippen molar-refractivity contribution >= 4 is 28.9 Å². The number of aromatic nitrogens is 4. The average Bonchev–Trinajstić information content (AvgIpc) is 3.28. The molecule has 2 aromatic heterocycles. The Morgan fingerprint density at radius 1 is 1.15 bits per heavy atom. The molecule has 2 aliphatic carbocycles. The summed E-state index contributed by atoms with van der Waals surface area (Å²) in [5.74, 6) is 3.83. The van der Waals surface area contributed by atoms with E-state index in [1.54, 1.807) is 0 Å². The minimum atomic E-state index is -1.32. The van der Waals surface area contributed by atoms with Crippen LogP contribution in [0, 0.1) is 23.2 Å². The fourth-order valence-corrected chi connectivity index (χ4v) is 7.19. The van der Waals surface area contributed by atoms with Crippen molar-refractivity contribution in [3.05, 3.63) is 58.9 Å². The van der Waals surface area contributed by atoms with Gasteiger partial charge in [-0.05, 0) is 49.7 Å². The summed E-state index contributed by atoms with van der Waals surface area (Å²) in [6.45, 7) is 5.81. The third-order valence-corrected chi connectivity index (χ3v) is 9.49. The van der Waals surface area contributed by atoms with E-state index in [0.717, 1.165) is 36.5 Å². The minimum Gasteiger partial charge on any atom is -0.497 e. The average molecular weight is 542 g/mol. The number of imidazole rings is 1. The Bertz CT molecular complexity index is 1530. The lowest BCUT2D eigenvalue weighted by Gasteiger charge is -2.46. The smallest absolute Gasteiger partial charge is 0.410 e. The van der Waals surface area contributed by atoms with Crippen molar-refractivity contribution in [2.45, 2.75) is 70.4 Å². The highest BCUT2D eigenvalue weighted by molar-refractivity contribution is 6.03. The van der Waals surface area contributed by atoms with Crippen molar-refractivity contribution < 1.29 is 14.6 Å². The third-order valence-electron chi connectivity index (χ3n) is 9.49. The molecule has 0 saturated heterocycles. The van der Waals surface area contributed by atoms with Crippen LogP contribution in [0.4, 0.5) is 10.6 Å². The van der Waals surface area contributed by atoms with Crippen LogP contribution in [0.3, 0.4) is 0 Å². The van der Waals surface area contributed by atoms with Gasteiger partial charge in [0.1, 0.15) is 11.3 Å². The predicted molar refractivity (Wildman–Crippen MR) is 151 cm³/mol. The van der Waals surface area contributed by atoms with E-state index >= 15 is 0 Å². The van der Waals surface area contributed by atoms with E-state index < -0.39 is 6.09 Å². The third kappa shape index (κ3) is 4.03. The fourth-order valence-electron chi connectivity index (χ4n) is 7.19. The number of nitrogens with one attached hydrogen (secondary N) is 3. The number of nitrogens with zero attached hydrogens (tertiary/aromatic N) is 4. The number of carboxylic acid groups (broad SMARTS) is 1. The van der Waals surface area contributed by atoms with Crippen LogP contribution in [0.15, 0.2) is 41.7 Å². The Morgan fingerprint density at radius 3 is 2.67 bits per heavy atom. The maximum Gasteiger partial charge on any atom is 0.410 e. The van der Waals surface area contributed by atoms with Crippen LogP contribution >= 0.6 is 0 Å². The number of allylic oxidation sites excluding steroid dienone is 2. The lowest BCUT2D eigenvalue weighted by molar-refractivity contribution is 0.0984. The molecule has 10 heteroatoms. The highest BCUT2D eigenvalue weighted by Gasteiger charge is 2.47. The molecule has 208 valence electrons. The second-order valence-corrected chi connectivity index (χ2v) is 11.9. The zero-order chi connectivity index (χ0) is 27.5. The summed E-state index contributed by atoms with van der Waals surface area (Å²) >= 11 is 0. The number of benzene rings is 1. The van der Waals surface area contributed by atoms with Crippen LogP contribution in [-0.2, 0) is 11.3 Å². The molecule has 40 heavy (non-hydrogen) atoms. The summed E-state index contributed by atoms with van der Waals surface area (Å²) in [5, 5.41) is 23.3. The molecule has 0 bridgehead atoms. The van der Waals surface area contributed by atoms with Crippen molar-refractivity contribution in [3.63, 3.8) is 0 Å². The molecule has 1 fully saturated rings. The van der Waals surface area contributed by atoms with Gasteiger partial charge in [0.15, 0.2) is 23.1 Å². The molecule has 0 radical (unpaired) electrons. The zero-order valence-corrected chi connectivity index (χ0v) is 22.9. The molecule has 4 aliphatic rings. The molecule has 10 nitrogen and oxygen atoms in total. The van der Waals surface area contributed by atoms with Gasteiger partial charge in [0.05, 0.1) is 18.3 Å². The number of rotatable bonds is 5. The van der Waals surface area contributed by atoms with Gasteiger partial charge in [-0.2, -0.15) is 0 Å². The van der Waals surface area contributed by atoms with Crippen LogP contribution in [0.1, 0.15) is 75.0 Å². The van der Waals surface area contributed by atoms with Gasteiger partial charge in [-0.15, -0.1) is 0 Å². The number of fused-ring (bicyclic) bond motifs is 4. The molecular formula is C30H35N7O3. The van der Waals surface area contributed by atoms with Crippen molar-refractivity contribution in [1.29, 1.82) is 5.41 Å². The van der Waals surface area contributed by atoms with Gasteiger partial charge in [0.2, 0.25) is 0 Å². The Morgan fingerprint density at radius 2 is 1.95 bits per heavy atom. The lowest BCUT2D eigenvalue weighted by Crippen LogP contribution is -2.39. The quantitative estimate of drug-likeness (QED) is 0.256. The summed E-state index contributed by atoms with van der Waals surface area (Å²) in [6.07, 6.45) is 4.45. The second-order valence-electron chi connectivity index (χ2n) is 11.9. The monoisotopic (exact) mass is 541 g/mol. The van der Waals surface area contributed by atoms with E-state index in [4.69, 9.17) is 20.1 Å². The first-order chi connectivity index (χ1) is 19.4. The maximum absolute atomic E-state index is 11.3. The SMILES string of the molecule is C[C@@H]1CC[C@H]2Cn3c(nc4nc(C(=N)NC(=O)O)nc(N[C@H](C)C5CCC5)c43)C3C2=C1OCC3c1ccccc1. The number of amidine groups is 1. The Labute approximate surface area is 232 Å². The van der Waals surface area contributed by atoms with Gasteiger partial charge in [-0.25, -0.2) is 19.7 Å². The maximum atomic E-state index is 11.3. The number of hydrogen-bond acceptors (Lipinski definition) is 7. The van der Waals surface area contributed by atoms with E-state index in [1.807, 2.05) is 6.07 Å². The molecule has 3 aromatic rings. The van der Waals surface area contributed by atoms with Gasteiger partial charge < -0.3 is 19.7 Å². The molecule has 2 unspecified atom stereocenters. The molecule has 0 spiro atoms. The fraction of sp³-hybridized carbons (Fsp3) is 0.500. The zero-order valence-electron chi connectivity index (χ0n) is 22.9. The molecular weight excluding hydrogens is 506 g/mol. The highest BCUT2D eigenvalue weighted by Crippen LogP contribution is 2.54. The number of anilines is 1. The topological polar surface area (TPSA) is 138 Å². The predicted octanol–water partition coefficient (Wildman–Crippen LogP) is 5.23. The van der Waals surface area contributed by atoms with E-state index in [9.17, 15) is 9.90 Å². The number of carbonyl (C=O) groups is 1. The highest BCUT2D eigenvalue weighted by atomic mass is 16.5. The first-order valence-electron chi connectivity index (χ1n) is 14.4. The van der Waals surface area contributed by atoms with Crippen molar-refractivity contribution in [1.82, 2.24) is 24.8 Å². The summed E-state index contributed by atoms with van der Waals surface area (Å²) in [6, 6.07) is 10.7.